The molecule has 3 aliphatic carbocycles. The summed E-state index contributed by atoms with van der Waals surface area (Å²) in [6, 6.07) is -8.65. The van der Waals surface area contributed by atoms with Crippen molar-refractivity contribution < 1.29 is 65.9 Å². The minimum Gasteiger partial charge on any atom is -0.351 e. The third kappa shape index (κ3) is 18.1. The molecule has 12 atom stereocenters. The quantitative estimate of drug-likeness (QED) is 0.232. The number of hydrogen-bond donors (Lipinski definition) is 4. The molecule has 3 aliphatic heterocycles. The van der Waals surface area contributed by atoms with Gasteiger partial charge >= 0.3 is 6.18 Å². The fraction of sp³-hybridized carbons (Fsp3) is 0.828. The molecule has 0 radical (unpaired) electrons. The van der Waals surface area contributed by atoms with E-state index in [1.165, 1.54) is 66.7 Å². The zero-order chi connectivity index (χ0) is 66.7. The number of alkyl halides is 4. The summed E-state index contributed by atoms with van der Waals surface area (Å²) in [7, 11) is 7.22. The second-order valence-electron chi connectivity index (χ2n) is 27.5. The second-order valence-corrected chi connectivity index (χ2v) is 28.0. The average Bonchev–Trinajstić information content (AvgIpc) is 1.59. The Hall–Kier alpha value is -5.75. The zero-order valence-electron chi connectivity index (χ0n) is 55.1. The van der Waals surface area contributed by atoms with Gasteiger partial charge in [0.2, 0.25) is 65.0 Å². The molecular formula is C64H103ClF3N11O11. The highest BCUT2D eigenvalue weighted by molar-refractivity contribution is 6.20. The number of rotatable bonds is 8. The van der Waals surface area contributed by atoms with Crippen LogP contribution in [0.4, 0.5) is 13.2 Å². The van der Waals surface area contributed by atoms with Gasteiger partial charge in [0.15, 0.2) is 0 Å². The lowest BCUT2D eigenvalue weighted by Crippen LogP contribution is -2.64. The van der Waals surface area contributed by atoms with Crippen molar-refractivity contribution in [2.24, 2.45) is 29.6 Å². The third-order valence-electron chi connectivity index (χ3n) is 20.5. The van der Waals surface area contributed by atoms with Crippen molar-refractivity contribution in [3.05, 3.63) is 0 Å². The van der Waals surface area contributed by atoms with Crippen LogP contribution in [-0.4, -0.2) is 226 Å². The Morgan fingerprint density at radius 3 is 1.81 bits per heavy atom. The fourth-order valence-corrected chi connectivity index (χ4v) is 15.0. The van der Waals surface area contributed by atoms with E-state index < -0.39 is 161 Å². The number of likely N-dealkylation sites (N-methyl/N-ethyl adjacent to an activating group) is 5. The normalized spacial score (nSPS) is 31.4. The van der Waals surface area contributed by atoms with E-state index in [2.05, 4.69) is 21.3 Å². The van der Waals surface area contributed by atoms with Gasteiger partial charge in [0.25, 0.3) is 0 Å². The number of amides is 11. The molecule has 3 unspecified atom stereocenters. The monoisotopic (exact) mass is 1290 g/mol. The van der Waals surface area contributed by atoms with Gasteiger partial charge in [-0.2, -0.15) is 13.2 Å². The topological polar surface area (TPSA) is 259 Å². The van der Waals surface area contributed by atoms with E-state index in [-0.39, 0.29) is 95.6 Å². The minimum atomic E-state index is -4.49. The SMILES string of the molecule is CC[C@H](C)[C@@H]1NC(=O)[C@H](C)N(C)C(=O)C[C@@H](C)NC(=O)[C@H](C(C)C)N(C)C(=O)C2(CCCC2)NC(=O)[C@@H]2CCCN2C(=O)[C@H](CCC2CCC(C(F)(F)F)C(Cl)C2)NC(=O)[C@H]2CCCCN2C(=O)[C@H](CC2CCCCC2)N(C)C(=O)CN(C)C(=O)CN(C)C1=O. The maximum atomic E-state index is 15.3. The molecule has 3 saturated carbocycles. The predicted octanol–water partition coefficient (Wildman–Crippen LogP) is 5.12. The standard InChI is InChI=1S/C64H103ClF3N11O11/c1-12-39(4)53-61(89)74(8)36-51(81)73(7)37-52(82)76(10)49(35-42-21-14-13-15-22-42)60(88)79-31-19-16-23-47(79)56(84)70-46(28-26-43-25-27-44(45(65)34-43)64(66,67)68)59(87)78-32-20-24-48(78)57(85)72-63(29-17-18-30-63)62(90)77(11)54(38(2)3)58(86)69-40(5)33-50(80)75(9)41(6)55(83)71-53/h38-49,53-54H,12-37H2,1-11H3,(H,69,86)(H,70,84)(H,71,83)(H,72,85)/t39-,40+,41-,43?,44?,45?,46-,47+,48-,49-,53-,54-/m0/s1. The average molecular weight is 1300 g/mol. The van der Waals surface area contributed by atoms with Crippen molar-refractivity contribution in [1.82, 2.24) is 55.6 Å². The summed E-state index contributed by atoms with van der Waals surface area (Å²) in [5, 5.41) is 10.5. The van der Waals surface area contributed by atoms with Crippen LogP contribution in [0.2, 0.25) is 0 Å². The number of carbonyl (C=O) groups is 11. The van der Waals surface area contributed by atoms with Crippen LogP contribution in [-0.2, 0) is 52.7 Å². The van der Waals surface area contributed by atoms with Crippen LogP contribution in [0.25, 0.3) is 0 Å². The van der Waals surface area contributed by atoms with Gasteiger partial charge in [0, 0.05) is 66.2 Å². The molecule has 508 valence electrons. The first-order valence-electron chi connectivity index (χ1n) is 33.1. The smallest absolute Gasteiger partial charge is 0.351 e. The Bertz CT molecular complexity index is 2590. The van der Waals surface area contributed by atoms with Crippen LogP contribution in [0.1, 0.15) is 183 Å². The number of nitrogens with zero attached hydrogens (tertiary/aromatic N) is 7. The van der Waals surface area contributed by atoms with Gasteiger partial charge in [-0.1, -0.05) is 79.1 Å². The van der Waals surface area contributed by atoms with Crippen LogP contribution in [0.5, 0.6) is 0 Å². The van der Waals surface area contributed by atoms with Gasteiger partial charge in [-0.3, -0.25) is 52.7 Å². The molecule has 26 heteroatoms. The first-order chi connectivity index (χ1) is 42.3. The lowest BCUT2D eigenvalue weighted by Gasteiger charge is -2.41. The summed E-state index contributed by atoms with van der Waals surface area (Å²) in [5.41, 5.74) is -1.47. The third-order valence-corrected chi connectivity index (χ3v) is 21.0. The summed E-state index contributed by atoms with van der Waals surface area (Å²) in [4.78, 5) is 169. The number of hydrogen-bond acceptors (Lipinski definition) is 11. The van der Waals surface area contributed by atoms with Gasteiger partial charge in [-0.05, 0) is 121 Å². The first-order valence-corrected chi connectivity index (χ1v) is 33.6. The van der Waals surface area contributed by atoms with Crippen LogP contribution in [0.3, 0.4) is 0 Å². The van der Waals surface area contributed by atoms with Crippen LogP contribution < -0.4 is 21.3 Å². The van der Waals surface area contributed by atoms with Gasteiger partial charge in [0.1, 0.15) is 47.8 Å². The molecule has 4 N–H and O–H groups in total. The summed E-state index contributed by atoms with van der Waals surface area (Å²) >= 11 is 6.41. The molecule has 6 fully saturated rings. The van der Waals surface area contributed by atoms with Crippen molar-refractivity contribution in [3.8, 4) is 0 Å². The molecule has 0 bridgehead atoms. The summed E-state index contributed by atoms with van der Waals surface area (Å²) in [5.74, 6) is -9.24. The van der Waals surface area contributed by atoms with Crippen molar-refractivity contribution in [3.63, 3.8) is 0 Å². The zero-order valence-corrected chi connectivity index (χ0v) is 55.9. The van der Waals surface area contributed by atoms with E-state index in [0.29, 0.717) is 38.5 Å². The number of fused-ring (bicyclic) bond motifs is 2. The van der Waals surface area contributed by atoms with Crippen LogP contribution >= 0.6 is 11.6 Å². The maximum Gasteiger partial charge on any atom is 0.393 e. The van der Waals surface area contributed by atoms with Crippen molar-refractivity contribution in [2.45, 2.75) is 248 Å². The van der Waals surface area contributed by atoms with Gasteiger partial charge < -0.3 is 55.6 Å². The molecule has 90 heavy (non-hydrogen) atoms. The molecule has 3 saturated heterocycles. The Morgan fingerprint density at radius 2 is 1.19 bits per heavy atom. The highest BCUT2D eigenvalue weighted by Gasteiger charge is 2.51. The Morgan fingerprint density at radius 1 is 0.589 bits per heavy atom. The molecule has 3 heterocycles. The van der Waals surface area contributed by atoms with Crippen molar-refractivity contribution in [1.29, 1.82) is 0 Å². The summed E-state index contributed by atoms with van der Waals surface area (Å²) < 4.78 is 41.9. The lowest BCUT2D eigenvalue weighted by molar-refractivity contribution is -0.182. The molecular weight excluding hydrogens is 1190 g/mol. The van der Waals surface area contributed by atoms with Crippen LogP contribution in [0.15, 0.2) is 0 Å². The minimum absolute atomic E-state index is 0.0226. The highest BCUT2D eigenvalue weighted by Crippen LogP contribution is 2.44. The van der Waals surface area contributed by atoms with E-state index in [0.717, 1.165) is 41.9 Å². The molecule has 0 aromatic rings. The molecule has 1 spiro atoms. The summed E-state index contributed by atoms with van der Waals surface area (Å²) in [6.45, 7) is 9.54. The van der Waals surface area contributed by atoms with E-state index in [1.54, 1.807) is 27.7 Å². The first kappa shape index (κ1) is 73.3. The lowest BCUT2D eigenvalue weighted by atomic mass is 9.78. The van der Waals surface area contributed by atoms with E-state index in [1.807, 2.05) is 6.92 Å². The molecule has 22 nitrogen and oxygen atoms in total. The van der Waals surface area contributed by atoms with E-state index in [4.69, 9.17) is 11.6 Å². The van der Waals surface area contributed by atoms with Gasteiger partial charge in [-0.25, -0.2) is 0 Å². The molecule has 0 aromatic carbocycles. The van der Waals surface area contributed by atoms with E-state index >= 15 is 19.2 Å². The fourth-order valence-electron chi connectivity index (χ4n) is 14.5. The number of carbonyl (C=O) groups excluding carboxylic acids is 11. The maximum absolute atomic E-state index is 15.3. The number of nitrogens with one attached hydrogen (secondary N) is 4. The van der Waals surface area contributed by atoms with Gasteiger partial charge in [-0.15, -0.1) is 11.6 Å². The summed E-state index contributed by atoms with van der Waals surface area (Å²) in [6.07, 6.45) is 4.13. The highest BCUT2D eigenvalue weighted by atomic mass is 35.5. The van der Waals surface area contributed by atoms with Crippen LogP contribution in [0, 0.1) is 29.6 Å². The van der Waals surface area contributed by atoms with Crippen molar-refractivity contribution in [2.75, 3.05) is 61.4 Å². The molecule has 11 amide bonds. The molecule has 0 aromatic heterocycles. The Labute approximate surface area is 535 Å². The van der Waals surface area contributed by atoms with Crippen molar-refractivity contribution >= 4 is 76.6 Å². The number of piperidine rings is 1. The van der Waals surface area contributed by atoms with Gasteiger partial charge in [0.05, 0.1) is 19.0 Å². The van der Waals surface area contributed by atoms with E-state index in [9.17, 15) is 46.7 Å². The largest absolute Gasteiger partial charge is 0.393 e. The predicted molar refractivity (Wildman–Crippen MR) is 331 cm³/mol. The Kier molecular flexibility index (Phi) is 26.2. The Balaban J connectivity index is 1.36. The molecule has 6 rings (SSSR count). The second kappa shape index (κ2) is 32.2. The number of halogens is 4. The molecule has 6 aliphatic rings.